The van der Waals surface area contributed by atoms with Crippen molar-refractivity contribution < 1.29 is 14.0 Å². The van der Waals surface area contributed by atoms with Gasteiger partial charge in [-0.15, -0.1) is 12.4 Å². The number of nitrogens with one attached hydrogen (secondary N) is 2. The van der Waals surface area contributed by atoms with Gasteiger partial charge in [0.1, 0.15) is 5.82 Å². The highest BCUT2D eigenvalue weighted by atomic mass is 35.5. The minimum Gasteiger partial charge on any atom is -0.338 e. The summed E-state index contributed by atoms with van der Waals surface area (Å²) in [7, 11) is 0. The average molecular weight is 407 g/mol. The smallest absolute Gasteiger partial charge is 0.323 e. The van der Waals surface area contributed by atoms with E-state index in [0.29, 0.717) is 44.6 Å². The van der Waals surface area contributed by atoms with E-state index in [9.17, 15) is 14.0 Å². The van der Waals surface area contributed by atoms with Crippen molar-refractivity contribution in [1.29, 1.82) is 0 Å². The van der Waals surface area contributed by atoms with E-state index < -0.39 is 11.8 Å². The summed E-state index contributed by atoms with van der Waals surface area (Å²) in [5.74, 6) is -0.392. The van der Waals surface area contributed by atoms with Crippen molar-refractivity contribution in [3.63, 3.8) is 0 Å². The van der Waals surface area contributed by atoms with Crippen LogP contribution in [0.3, 0.4) is 0 Å². The SMILES string of the molecule is Cl.NCCCC(=O)N1CCc2c(cccc2NC(=O)Nc2ccccc2F)C1. The second-order valence-electron chi connectivity index (χ2n) is 6.46. The van der Waals surface area contributed by atoms with Gasteiger partial charge in [0, 0.05) is 25.2 Å². The molecule has 0 bridgehead atoms. The number of amides is 3. The maximum absolute atomic E-state index is 13.7. The molecule has 0 fully saturated rings. The molecule has 1 aliphatic heterocycles. The minimum absolute atomic E-state index is 0. The predicted molar refractivity (Wildman–Crippen MR) is 110 cm³/mol. The summed E-state index contributed by atoms with van der Waals surface area (Å²) in [6.45, 7) is 1.62. The summed E-state index contributed by atoms with van der Waals surface area (Å²) in [5.41, 5.74) is 8.28. The fourth-order valence-corrected chi connectivity index (χ4v) is 3.19. The number of fused-ring (bicyclic) bond motifs is 1. The van der Waals surface area contributed by atoms with E-state index in [1.807, 2.05) is 23.1 Å². The van der Waals surface area contributed by atoms with E-state index in [2.05, 4.69) is 10.6 Å². The number of anilines is 2. The average Bonchev–Trinajstić information content (AvgIpc) is 2.67. The second-order valence-corrected chi connectivity index (χ2v) is 6.46. The van der Waals surface area contributed by atoms with Gasteiger partial charge < -0.3 is 21.3 Å². The first-order chi connectivity index (χ1) is 13.1. The monoisotopic (exact) mass is 406 g/mol. The number of nitrogens with two attached hydrogens (primary N) is 1. The van der Waals surface area contributed by atoms with Gasteiger partial charge in [-0.3, -0.25) is 4.79 Å². The van der Waals surface area contributed by atoms with E-state index in [1.54, 1.807) is 12.1 Å². The van der Waals surface area contributed by atoms with Gasteiger partial charge >= 0.3 is 6.03 Å². The van der Waals surface area contributed by atoms with Crippen molar-refractivity contribution in [2.24, 2.45) is 5.73 Å². The number of carbonyl (C=O) groups is 2. The van der Waals surface area contributed by atoms with Crippen molar-refractivity contribution in [3.8, 4) is 0 Å². The van der Waals surface area contributed by atoms with E-state index in [4.69, 9.17) is 5.73 Å². The van der Waals surface area contributed by atoms with Gasteiger partial charge in [0.15, 0.2) is 0 Å². The van der Waals surface area contributed by atoms with Crippen molar-refractivity contribution in [2.45, 2.75) is 25.8 Å². The Morgan fingerprint density at radius 2 is 1.79 bits per heavy atom. The maximum Gasteiger partial charge on any atom is 0.323 e. The van der Waals surface area contributed by atoms with Crippen LogP contribution in [0.25, 0.3) is 0 Å². The van der Waals surface area contributed by atoms with Crippen LogP contribution in [0.5, 0.6) is 0 Å². The van der Waals surface area contributed by atoms with Gasteiger partial charge in [-0.25, -0.2) is 9.18 Å². The van der Waals surface area contributed by atoms with Gasteiger partial charge in [-0.05, 0) is 48.7 Å². The third kappa shape index (κ3) is 5.21. The van der Waals surface area contributed by atoms with Crippen LogP contribution in [0, 0.1) is 5.82 Å². The molecule has 3 rings (SSSR count). The number of hydrogen-bond acceptors (Lipinski definition) is 3. The molecule has 8 heteroatoms. The molecule has 0 aliphatic carbocycles. The zero-order valence-corrected chi connectivity index (χ0v) is 16.2. The summed E-state index contributed by atoms with van der Waals surface area (Å²) in [5, 5.41) is 5.30. The fourth-order valence-electron chi connectivity index (χ4n) is 3.19. The zero-order valence-electron chi connectivity index (χ0n) is 15.4. The Kier molecular flexibility index (Phi) is 7.78. The molecule has 0 atom stereocenters. The Balaban J connectivity index is 0.00000280. The topological polar surface area (TPSA) is 87.5 Å². The molecule has 150 valence electrons. The van der Waals surface area contributed by atoms with E-state index >= 15 is 0 Å². The highest BCUT2D eigenvalue weighted by molar-refractivity contribution is 6.00. The van der Waals surface area contributed by atoms with Gasteiger partial charge in [-0.1, -0.05) is 24.3 Å². The molecule has 0 unspecified atom stereocenters. The molecule has 0 saturated carbocycles. The zero-order chi connectivity index (χ0) is 19.2. The number of halogens is 2. The van der Waals surface area contributed by atoms with Gasteiger partial charge in [-0.2, -0.15) is 0 Å². The fraction of sp³-hybridized carbons (Fsp3) is 0.300. The third-order valence-corrected chi connectivity index (χ3v) is 4.58. The third-order valence-electron chi connectivity index (χ3n) is 4.58. The molecule has 1 heterocycles. The number of nitrogens with zero attached hydrogens (tertiary/aromatic N) is 1. The first-order valence-electron chi connectivity index (χ1n) is 8.99. The lowest BCUT2D eigenvalue weighted by Gasteiger charge is -2.30. The maximum atomic E-state index is 13.7. The summed E-state index contributed by atoms with van der Waals surface area (Å²) in [4.78, 5) is 26.3. The Labute approximate surface area is 169 Å². The van der Waals surface area contributed by atoms with Crippen molar-refractivity contribution in [1.82, 2.24) is 4.90 Å². The lowest BCUT2D eigenvalue weighted by Crippen LogP contribution is -2.36. The van der Waals surface area contributed by atoms with Gasteiger partial charge in [0.05, 0.1) is 5.69 Å². The lowest BCUT2D eigenvalue weighted by atomic mass is 9.97. The van der Waals surface area contributed by atoms with Crippen LogP contribution < -0.4 is 16.4 Å². The van der Waals surface area contributed by atoms with E-state index in [0.717, 1.165) is 11.1 Å². The molecule has 0 saturated heterocycles. The number of para-hydroxylation sites is 1. The van der Waals surface area contributed by atoms with E-state index in [1.165, 1.54) is 12.1 Å². The van der Waals surface area contributed by atoms with Gasteiger partial charge in [0.2, 0.25) is 5.91 Å². The van der Waals surface area contributed by atoms with Crippen LogP contribution >= 0.6 is 12.4 Å². The van der Waals surface area contributed by atoms with Crippen LogP contribution in [0.1, 0.15) is 24.0 Å². The Hall–Kier alpha value is -2.64. The summed E-state index contributed by atoms with van der Waals surface area (Å²) < 4.78 is 13.7. The molecule has 2 aromatic rings. The van der Waals surface area contributed by atoms with Crippen LogP contribution in [0.4, 0.5) is 20.6 Å². The molecule has 1 aliphatic rings. The Morgan fingerprint density at radius 1 is 1.07 bits per heavy atom. The number of carbonyl (C=O) groups excluding carboxylic acids is 2. The number of urea groups is 1. The van der Waals surface area contributed by atoms with Crippen molar-refractivity contribution >= 4 is 35.7 Å². The van der Waals surface area contributed by atoms with Crippen molar-refractivity contribution in [3.05, 3.63) is 59.4 Å². The molecular weight excluding hydrogens is 383 g/mol. The van der Waals surface area contributed by atoms with Crippen LogP contribution in [-0.4, -0.2) is 29.9 Å². The molecule has 6 nitrogen and oxygen atoms in total. The minimum atomic E-state index is -0.505. The molecule has 4 N–H and O–H groups in total. The standard InChI is InChI=1S/C20H23FN4O2.ClH/c21-16-6-1-2-7-18(16)24-20(27)23-17-8-3-5-14-13-25(12-10-15(14)17)19(26)9-4-11-22;/h1-3,5-8H,4,9-13,22H2,(H2,23,24,27);1H. The highest BCUT2D eigenvalue weighted by Crippen LogP contribution is 2.27. The molecule has 0 aromatic heterocycles. The van der Waals surface area contributed by atoms with E-state index in [-0.39, 0.29) is 24.0 Å². The molecule has 3 amide bonds. The quantitative estimate of drug-likeness (QED) is 0.710. The lowest BCUT2D eigenvalue weighted by molar-refractivity contribution is -0.132. The first kappa shape index (κ1) is 21.7. The molecular formula is C20H24ClFN4O2. The number of benzene rings is 2. The largest absolute Gasteiger partial charge is 0.338 e. The summed E-state index contributed by atoms with van der Waals surface area (Å²) >= 11 is 0. The highest BCUT2D eigenvalue weighted by Gasteiger charge is 2.22. The molecule has 28 heavy (non-hydrogen) atoms. The van der Waals surface area contributed by atoms with Gasteiger partial charge in [0.25, 0.3) is 0 Å². The Morgan fingerprint density at radius 3 is 2.54 bits per heavy atom. The van der Waals surface area contributed by atoms with Crippen molar-refractivity contribution in [2.75, 3.05) is 23.7 Å². The Bertz CT molecular complexity index is 847. The number of hydrogen-bond donors (Lipinski definition) is 3. The summed E-state index contributed by atoms with van der Waals surface area (Å²) in [6.07, 6.45) is 1.79. The van der Waals surface area contributed by atoms with Crippen LogP contribution in [0.15, 0.2) is 42.5 Å². The molecule has 0 spiro atoms. The predicted octanol–water partition coefficient (Wildman–Crippen LogP) is 3.52. The molecule has 2 aromatic carbocycles. The number of rotatable bonds is 5. The first-order valence-corrected chi connectivity index (χ1v) is 8.99. The second kappa shape index (κ2) is 10.1. The van der Waals surface area contributed by atoms with Crippen LogP contribution in [0.2, 0.25) is 0 Å². The molecule has 0 radical (unpaired) electrons. The summed E-state index contributed by atoms with van der Waals surface area (Å²) in [6, 6.07) is 11.1. The normalized spacial score (nSPS) is 12.6. The van der Waals surface area contributed by atoms with Crippen LogP contribution in [-0.2, 0) is 17.8 Å².